The van der Waals surface area contributed by atoms with Gasteiger partial charge in [0.25, 0.3) is 0 Å². The summed E-state index contributed by atoms with van der Waals surface area (Å²) in [6.45, 7) is 4.91. The number of nitrogens with zero attached hydrogens (tertiary/aromatic N) is 1. The van der Waals surface area contributed by atoms with Gasteiger partial charge < -0.3 is 10.6 Å². The van der Waals surface area contributed by atoms with E-state index in [0.29, 0.717) is 23.7 Å². The maximum absolute atomic E-state index is 11.6. The van der Waals surface area contributed by atoms with Crippen molar-refractivity contribution in [3.8, 4) is 6.07 Å². The van der Waals surface area contributed by atoms with Crippen molar-refractivity contribution in [1.29, 1.82) is 5.26 Å². The van der Waals surface area contributed by atoms with E-state index in [1.165, 1.54) is 0 Å². The quantitative estimate of drug-likeness (QED) is 0.837. The number of benzene rings is 1. The van der Waals surface area contributed by atoms with E-state index >= 15 is 0 Å². The zero-order valence-corrected chi connectivity index (χ0v) is 10.9. The SMILES string of the molecule is CCC(CC)CNC(=O)Nc1cccc(C#N)c1. The molecule has 0 atom stereocenters. The van der Waals surface area contributed by atoms with E-state index < -0.39 is 0 Å². The van der Waals surface area contributed by atoms with Crippen LogP contribution in [0.3, 0.4) is 0 Å². The van der Waals surface area contributed by atoms with Gasteiger partial charge in [-0.25, -0.2) is 4.79 Å². The van der Waals surface area contributed by atoms with Crippen molar-refractivity contribution < 1.29 is 4.79 Å². The first kappa shape index (κ1) is 14.0. The van der Waals surface area contributed by atoms with E-state index in [1.807, 2.05) is 6.07 Å². The van der Waals surface area contributed by atoms with Crippen molar-refractivity contribution in [1.82, 2.24) is 5.32 Å². The molecule has 2 amide bonds. The number of nitriles is 1. The lowest BCUT2D eigenvalue weighted by molar-refractivity contribution is 0.249. The van der Waals surface area contributed by atoms with Crippen molar-refractivity contribution in [2.75, 3.05) is 11.9 Å². The second kappa shape index (κ2) is 7.33. The Morgan fingerprint density at radius 3 is 2.72 bits per heavy atom. The highest BCUT2D eigenvalue weighted by atomic mass is 16.2. The van der Waals surface area contributed by atoms with Gasteiger partial charge in [0.2, 0.25) is 0 Å². The Balaban J connectivity index is 2.47. The maximum atomic E-state index is 11.6. The fourth-order valence-electron chi connectivity index (χ4n) is 1.66. The molecule has 0 heterocycles. The summed E-state index contributed by atoms with van der Waals surface area (Å²) in [5.74, 6) is 0.515. The summed E-state index contributed by atoms with van der Waals surface area (Å²) in [7, 11) is 0. The van der Waals surface area contributed by atoms with Crippen LogP contribution in [-0.4, -0.2) is 12.6 Å². The van der Waals surface area contributed by atoms with Gasteiger partial charge in [0.15, 0.2) is 0 Å². The van der Waals surface area contributed by atoms with Crippen LogP contribution in [0.15, 0.2) is 24.3 Å². The minimum Gasteiger partial charge on any atom is -0.338 e. The maximum Gasteiger partial charge on any atom is 0.319 e. The van der Waals surface area contributed by atoms with Gasteiger partial charge in [-0.3, -0.25) is 0 Å². The molecule has 96 valence electrons. The highest BCUT2D eigenvalue weighted by Crippen LogP contribution is 2.10. The van der Waals surface area contributed by atoms with E-state index in [2.05, 4.69) is 24.5 Å². The first-order valence-corrected chi connectivity index (χ1v) is 6.24. The first-order valence-electron chi connectivity index (χ1n) is 6.24. The molecule has 0 saturated carbocycles. The lowest BCUT2D eigenvalue weighted by Crippen LogP contribution is -2.32. The third kappa shape index (κ3) is 4.46. The molecule has 18 heavy (non-hydrogen) atoms. The summed E-state index contributed by atoms with van der Waals surface area (Å²) >= 11 is 0. The van der Waals surface area contributed by atoms with Crippen molar-refractivity contribution in [2.45, 2.75) is 26.7 Å². The van der Waals surface area contributed by atoms with Gasteiger partial charge >= 0.3 is 6.03 Å². The van der Waals surface area contributed by atoms with E-state index in [-0.39, 0.29) is 6.03 Å². The highest BCUT2D eigenvalue weighted by molar-refractivity contribution is 5.89. The molecule has 2 N–H and O–H groups in total. The van der Waals surface area contributed by atoms with Crippen LogP contribution in [0.2, 0.25) is 0 Å². The van der Waals surface area contributed by atoms with Crippen LogP contribution in [0.5, 0.6) is 0 Å². The Morgan fingerprint density at radius 2 is 2.11 bits per heavy atom. The fraction of sp³-hybridized carbons (Fsp3) is 0.429. The molecule has 4 heteroatoms. The van der Waals surface area contributed by atoms with Crippen molar-refractivity contribution in [3.63, 3.8) is 0 Å². The summed E-state index contributed by atoms with van der Waals surface area (Å²) < 4.78 is 0. The van der Waals surface area contributed by atoms with E-state index in [1.54, 1.807) is 24.3 Å². The molecule has 0 aliphatic heterocycles. The summed E-state index contributed by atoms with van der Waals surface area (Å²) in [6.07, 6.45) is 2.11. The second-order valence-electron chi connectivity index (χ2n) is 4.21. The van der Waals surface area contributed by atoms with Crippen LogP contribution in [-0.2, 0) is 0 Å². The van der Waals surface area contributed by atoms with Crippen molar-refractivity contribution >= 4 is 11.7 Å². The fourth-order valence-corrected chi connectivity index (χ4v) is 1.66. The topological polar surface area (TPSA) is 64.9 Å². The van der Waals surface area contributed by atoms with Gasteiger partial charge in [-0.1, -0.05) is 32.8 Å². The number of anilines is 1. The molecule has 0 bridgehead atoms. The molecule has 0 aliphatic rings. The molecule has 0 aromatic heterocycles. The van der Waals surface area contributed by atoms with Crippen LogP contribution in [0.1, 0.15) is 32.3 Å². The van der Waals surface area contributed by atoms with E-state index in [0.717, 1.165) is 12.8 Å². The number of carbonyl (C=O) groups is 1. The molecular weight excluding hydrogens is 226 g/mol. The van der Waals surface area contributed by atoms with Crippen LogP contribution < -0.4 is 10.6 Å². The van der Waals surface area contributed by atoms with E-state index in [9.17, 15) is 4.79 Å². The number of hydrogen-bond acceptors (Lipinski definition) is 2. The van der Waals surface area contributed by atoms with Crippen LogP contribution in [0.25, 0.3) is 0 Å². The number of hydrogen-bond donors (Lipinski definition) is 2. The number of carbonyl (C=O) groups excluding carboxylic acids is 1. The molecule has 0 unspecified atom stereocenters. The first-order chi connectivity index (χ1) is 8.69. The van der Waals surface area contributed by atoms with Crippen LogP contribution >= 0.6 is 0 Å². The predicted molar refractivity (Wildman–Crippen MR) is 72.3 cm³/mol. The number of rotatable bonds is 5. The van der Waals surface area contributed by atoms with Crippen LogP contribution in [0.4, 0.5) is 10.5 Å². The average molecular weight is 245 g/mol. The Bertz CT molecular complexity index is 433. The number of amides is 2. The van der Waals surface area contributed by atoms with Gasteiger partial charge in [0, 0.05) is 12.2 Å². The molecule has 0 spiro atoms. The molecule has 0 saturated heterocycles. The lowest BCUT2D eigenvalue weighted by atomic mass is 10.0. The molecule has 1 aromatic rings. The Labute approximate surface area is 108 Å². The number of nitrogens with one attached hydrogen (secondary N) is 2. The minimum atomic E-state index is -0.225. The Kier molecular flexibility index (Phi) is 5.72. The summed E-state index contributed by atoms with van der Waals surface area (Å²) in [5.41, 5.74) is 1.17. The largest absolute Gasteiger partial charge is 0.338 e. The highest BCUT2D eigenvalue weighted by Gasteiger charge is 2.06. The normalized spacial score (nSPS) is 9.89. The van der Waals surface area contributed by atoms with Gasteiger partial charge in [0.1, 0.15) is 0 Å². The molecule has 4 nitrogen and oxygen atoms in total. The predicted octanol–water partition coefficient (Wildman–Crippen LogP) is 3.12. The third-order valence-electron chi connectivity index (χ3n) is 2.96. The van der Waals surface area contributed by atoms with Crippen molar-refractivity contribution in [3.05, 3.63) is 29.8 Å². The second-order valence-corrected chi connectivity index (χ2v) is 4.21. The van der Waals surface area contributed by atoms with E-state index in [4.69, 9.17) is 5.26 Å². The Hall–Kier alpha value is -2.02. The minimum absolute atomic E-state index is 0.225. The summed E-state index contributed by atoms with van der Waals surface area (Å²) in [4.78, 5) is 11.6. The molecule has 0 radical (unpaired) electrons. The summed E-state index contributed by atoms with van der Waals surface area (Å²) in [5, 5.41) is 14.3. The molecule has 1 aromatic carbocycles. The van der Waals surface area contributed by atoms with Crippen molar-refractivity contribution in [2.24, 2.45) is 5.92 Å². The third-order valence-corrected chi connectivity index (χ3v) is 2.96. The van der Waals surface area contributed by atoms with Gasteiger partial charge in [-0.15, -0.1) is 0 Å². The smallest absolute Gasteiger partial charge is 0.319 e. The standard InChI is InChI=1S/C14H19N3O/c1-3-11(4-2)10-16-14(18)17-13-7-5-6-12(8-13)9-15/h5-8,11H,3-4,10H2,1-2H3,(H2,16,17,18). The molecule has 0 fully saturated rings. The average Bonchev–Trinajstić information content (AvgIpc) is 2.40. The van der Waals surface area contributed by atoms with Gasteiger partial charge in [0.05, 0.1) is 11.6 Å². The molecular formula is C14H19N3O. The zero-order valence-electron chi connectivity index (χ0n) is 10.9. The monoisotopic (exact) mass is 245 g/mol. The number of urea groups is 1. The van der Waals surface area contributed by atoms with Crippen LogP contribution in [0, 0.1) is 17.2 Å². The Morgan fingerprint density at radius 1 is 1.39 bits per heavy atom. The molecule has 1 rings (SSSR count). The zero-order chi connectivity index (χ0) is 13.4. The summed E-state index contributed by atoms with van der Waals surface area (Å²) in [6, 6.07) is 8.67. The van der Waals surface area contributed by atoms with Gasteiger partial charge in [-0.05, 0) is 24.1 Å². The molecule has 0 aliphatic carbocycles. The van der Waals surface area contributed by atoms with Gasteiger partial charge in [-0.2, -0.15) is 5.26 Å². The lowest BCUT2D eigenvalue weighted by Gasteiger charge is -2.13.